The van der Waals surface area contributed by atoms with Gasteiger partial charge in [0.25, 0.3) is 0 Å². The number of unbranched alkanes of at least 4 members (excludes halogenated alkanes) is 7. The van der Waals surface area contributed by atoms with Gasteiger partial charge in [0, 0.05) is 0 Å². The van der Waals surface area contributed by atoms with Crippen molar-refractivity contribution in [1.82, 2.24) is 0 Å². The molecule has 0 aromatic heterocycles. The summed E-state index contributed by atoms with van der Waals surface area (Å²) in [6, 6.07) is 7.10. The first-order chi connectivity index (χ1) is 16.2. The maximum Gasteiger partial charge on any atom is 0.141 e. The Balaban J connectivity index is 1.27. The first-order valence-electron chi connectivity index (χ1n) is 14.1. The van der Waals surface area contributed by atoms with Gasteiger partial charge in [0.05, 0.1) is 5.56 Å². The highest BCUT2D eigenvalue weighted by molar-refractivity contribution is 5.35. The van der Waals surface area contributed by atoms with E-state index in [9.17, 15) is 4.39 Å². The maximum atomic E-state index is 14.0. The average molecular weight is 452 g/mol. The number of halogens is 1. The van der Waals surface area contributed by atoms with Crippen LogP contribution in [-0.4, -0.2) is 0 Å². The number of hydrogen-bond donors (Lipinski definition) is 0. The molecule has 0 atom stereocenters. The molecule has 0 saturated heterocycles. The van der Waals surface area contributed by atoms with Crippen LogP contribution in [0.4, 0.5) is 4.39 Å². The fourth-order valence-electron chi connectivity index (χ4n) is 6.07. The van der Waals surface area contributed by atoms with Crippen LogP contribution in [0.3, 0.4) is 0 Å². The lowest BCUT2D eigenvalue weighted by Gasteiger charge is -2.29. The van der Waals surface area contributed by atoms with Crippen LogP contribution in [0.1, 0.15) is 133 Å². The highest BCUT2D eigenvalue weighted by Gasteiger charge is 2.23. The fourth-order valence-corrected chi connectivity index (χ4v) is 6.07. The van der Waals surface area contributed by atoms with Crippen molar-refractivity contribution in [3.63, 3.8) is 0 Å². The molecule has 2 saturated carbocycles. The number of allylic oxidation sites excluding steroid dienone is 2. The molecule has 0 amide bonds. The minimum atomic E-state index is -0.366. The molecule has 2 fully saturated rings. The van der Waals surface area contributed by atoms with Crippen molar-refractivity contribution >= 4 is 0 Å². The topological polar surface area (TPSA) is 23.8 Å². The average Bonchev–Trinajstić information content (AvgIpc) is 2.85. The lowest BCUT2D eigenvalue weighted by atomic mass is 9.76. The van der Waals surface area contributed by atoms with E-state index in [1.54, 1.807) is 12.1 Å². The Bertz CT molecular complexity index is 745. The summed E-state index contributed by atoms with van der Waals surface area (Å²) >= 11 is 0. The molecule has 1 aromatic rings. The Morgan fingerprint density at radius 2 is 1.39 bits per heavy atom. The van der Waals surface area contributed by atoms with E-state index in [0.29, 0.717) is 11.8 Å². The van der Waals surface area contributed by atoms with Gasteiger partial charge in [-0.1, -0.05) is 82.9 Å². The van der Waals surface area contributed by atoms with E-state index in [0.717, 1.165) is 30.2 Å². The van der Waals surface area contributed by atoms with Crippen molar-refractivity contribution in [2.24, 2.45) is 17.8 Å². The smallest absolute Gasteiger partial charge is 0.141 e. The van der Waals surface area contributed by atoms with Crippen molar-refractivity contribution < 1.29 is 4.39 Å². The summed E-state index contributed by atoms with van der Waals surface area (Å²) in [4.78, 5) is 0. The molecule has 2 heteroatoms. The molecule has 0 spiro atoms. The summed E-state index contributed by atoms with van der Waals surface area (Å²) in [5.41, 5.74) is 1.23. The molecule has 0 radical (unpaired) electrons. The van der Waals surface area contributed by atoms with Crippen molar-refractivity contribution in [2.45, 2.75) is 122 Å². The fraction of sp³-hybridized carbons (Fsp3) is 0.710. The molecule has 0 unspecified atom stereocenters. The van der Waals surface area contributed by atoms with Gasteiger partial charge in [0.1, 0.15) is 11.9 Å². The third-order valence-electron chi connectivity index (χ3n) is 8.37. The zero-order valence-corrected chi connectivity index (χ0v) is 21.0. The first-order valence-corrected chi connectivity index (χ1v) is 14.1. The van der Waals surface area contributed by atoms with Crippen LogP contribution < -0.4 is 0 Å². The second-order valence-corrected chi connectivity index (χ2v) is 10.9. The highest BCUT2D eigenvalue weighted by atomic mass is 19.1. The zero-order valence-electron chi connectivity index (χ0n) is 21.0. The molecular formula is C31H46FN. The standard InChI is InChI=1S/C31H46FN/c1-2-3-4-5-6-7-8-9-10-25-11-13-26(14-12-25)15-16-27-17-19-28(20-18-27)29-21-22-30(24-33)31(32)23-29/h15-16,21-23,25-28H,2-14,17-20H2,1H3/b16-15+/t25-,26-,27-,28-. The Hall–Kier alpha value is -1.62. The highest BCUT2D eigenvalue weighted by Crippen LogP contribution is 2.38. The summed E-state index contributed by atoms with van der Waals surface area (Å²) in [5, 5.41) is 8.93. The summed E-state index contributed by atoms with van der Waals surface area (Å²) in [5.74, 6) is 2.56. The first kappa shape index (κ1) is 26.0. The Morgan fingerprint density at radius 1 is 0.818 bits per heavy atom. The second-order valence-electron chi connectivity index (χ2n) is 10.9. The molecule has 0 N–H and O–H groups in total. The number of benzene rings is 1. The van der Waals surface area contributed by atoms with Crippen LogP contribution in [0, 0.1) is 34.9 Å². The van der Waals surface area contributed by atoms with Gasteiger partial charge in [0.15, 0.2) is 0 Å². The predicted molar refractivity (Wildman–Crippen MR) is 138 cm³/mol. The molecule has 1 nitrogen and oxygen atoms in total. The lowest BCUT2D eigenvalue weighted by Crippen LogP contribution is -2.15. The number of hydrogen-bond acceptors (Lipinski definition) is 1. The predicted octanol–water partition coefficient (Wildman–Crippen LogP) is 9.86. The Kier molecular flexibility index (Phi) is 11.5. The quantitative estimate of drug-likeness (QED) is 0.229. The second kappa shape index (κ2) is 14.6. The van der Waals surface area contributed by atoms with E-state index < -0.39 is 0 Å². The van der Waals surface area contributed by atoms with Crippen molar-refractivity contribution in [3.05, 3.63) is 47.3 Å². The lowest BCUT2D eigenvalue weighted by molar-refractivity contribution is 0.287. The maximum absolute atomic E-state index is 14.0. The minimum absolute atomic E-state index is 0.155. The third kappa shape index (κ3) is 8.92. The van der Waals surface area contributed by atoms with Gasteiger partial charge in [-0.3, -0.25) is 0 Å². The van der Waals surface area contributed by atoms with Gasteiger partial charge in [-0.2, -0.15) is 5.26 Å². The van der Waals surface area contributed by atoms with Crippen LogP contribution in [0.5, 0.6) is 0 Å². The summed E-state index contributed by atoms with van der Waals surface area (Å²) < 4.78 is 14.0. The molecule has 2 aliphatic rings. The molecule has 0 aliphatic heterocycles. The van der Waals surface area contributed by atoms with Crippen LogP contribution >= 0.6 is 0 Å². The van der Waals surface area contributed by atoms with E-state index in [2.05, 4.69) is 19.1 Å². The van der Waals surface area contributed by atoms with Crippen LogP contribution in [0.15, 0.2) is 30.4 Å². The molecular weight excluding hydrogens is 405 g/mol. The summed E-state index contributed by atoms with van der Waals surface area (Å²) in [6.07, 6.45) is 28.3. The van der Waals surface area contributed by atoms with Crippen LogP contribution in [0.25, 0.3) is 0 Å². The van der Waals surface area contributed by atoms with Crippen molar-refractivity contribution in [1.29, 1.82) is 5.26 Å². The molecule has 2 aliphatic carbocycles. The van der Waals surface area contributed by atoms with E-state index in [1.165, 1.54) is 96.3 Å². The summed E-state index contributed by atoms with van der Waals surface area (Å²) in [6.45, 7) is 2.29. The Labute approximate surface area is 202 Å². The minimum Gasteiger partial charge on any atom is -0.206 e. The SMILES string of the molecule is CCCCCCCCCC[C@H]1CC[C@H](/C=C/[C@H]2CC[C@H](c3ccc(C#N)c(F)c3)CC2)CC1. The monoisotopic (exact) mass is 451 g/mol. The Morgan fingerprint density at radius 3 is 1.97 bits per heavy atom. The van der Waals surface area contributed by atoms with Gasteiger partial charge in [0.2, 0.25) is 0 Å². The van der Waals surface area contributed by atoms with Crippen molar-refractivity contribution in [2.75, 3.05) is 0 Å². The molecule has 33 heavy (non-hydrogen) atoms. The van der Waals surface area contributed by atoms with Gasteiger partial charge in [-0.05, 0) is 92.7 Å². The zero-order chi connectivity index (χ0) is 23.3. The molecule has 1 aromatic carbocycles. The molecule has 182 valence electrons. The van der Waals surface area contributed by atoms with Crippen LogP contribution in [-0.2, 0) is 0 Å². The van der Waals surface area contributed by atoms with E-state index >= 15 is 0 Å². The van der Waals surface area contributed by atoms with Gasteiger partial charge in [-0.25, -0.2) is 4.39 Å². The number of rotatable bonds is 12. The van der Waals surface area contributed by atoms with Crippen molar-refractivity contribution in [3.8, 4) is 6.07 Å². The third-order valence-corrected chi connectivity index (χ3v) is 8.37. The normalized spacial score (nSPS) is 25.8. The van der Waals surface area contributed by atoms with E-state index in [-0.39, 0.29) is 11.4 Å². The van der Waals surface area contributed by atoms with Gasteiger partial charge < -0.3 is 0 Å². The van der Waals surface area contributed by atoms with E-state index in [4.69, 9.17) is 5.26 Å². The molecule has 0 heterocycles. The van der Waals surface area contributed by atoms with E-state index in [1.807, 2.05) is 12.1 Å². The van der Waals surface area contributed by atoms with Crippen LogP contribution in [0.2, 0.25) is 0 Å². The number of nitriles is 1. The van der Waals surface area contributed by atoms with Gasteiger partial charge >= 0.3 is 0 Å². The summed E-state index contributed by atoms with van der Waals surface area (Å²) in [7, 11) is 0. The van der Waals surface area contributed by atoms with Gasteiger partial charge in [-0.15, -0.1) is 0 Å². The molecule has 3 rings (SSSR count). The molecule has 0 bridgehead atoms. The largest absolute Gasteiger partial charge is 0.206 e. The number of nitrogens with zero attached hydrogens (tertiary/aromatic N) is 1.